The molecule has 0 saturated heterocycles. The Balaban J connectivity index is 1.41. The smallest absolute Gasteiger partial charge is 0.341 e. The third kappa shape index (κ3) is 28.4. The molecule has 38 nitrogen and oxygen atoms in total. The minimum absolute atomic E-state index is 0.0299. The van der Waals surface area contributed by atoms with Crippen LogP contribution in [0.4, 0.5) is 22.7 Å². The second kappa shape index (κ2) is 42.9. The Bertz CT molecular complexity index is 4050. The molecule has 5 rings (SSSR count). The third-order valence-electron chi connectivity index (χ3n) is 15.7. The van der Waals surface area contributed by atoms with E-state index in [-0.39, 0.29) is 151 Å². The van der Waals surface area contributed by atoms with Gasteiger partial charge < -0.3 is 128 Å². The summed E-state index contributed by atoms with van der Waals surface area (Å²) in [5.41, 5.74) is 34.1. The predicted octanol–water partition coefficient (Wildman–Crippen LogP) is -0.165. The lowest BCUT2D eigenvalue weighted by Gasteiger charge is -2.22. The van der Waals surface area contributed by atoms with Crippen molar-refractivity contribution in [2.75, 3.05) is 81.9 Å². The van der Waals surface area contributed by atoms with Gasteiger partial charge in [0.25, 0.3) is 23.6 Å². The molecule has 0 unspecified atom stereocenters. The minimum atomic E-state index is -1.48. The van der Waals surface area contributed by atoms with Crippen molar-refractivity contribution >= 4 is 106 Å². The van der Waals surface area contributed by atoms with Crippen LogP contribution in [0.25, 0.3) is 0 Å². The largest absolute Gasteiger partial charge is 0.496 e. The van der Waals surface area contributed by atoms with Crippen LogP contribution in [0, 0.1) is 21.6 Å². The molecule has 107 heavy (non-hydrogen) atoms. The first kappa shape index (κ1) is 84.2. The Labute approximate surface area is 615 Å². The maximum absolute atomic E-state index is 14.6. The van der Waals surface area contributed by atoms with Gasteiger partial charge in [-0.2, -0.15) is 0 Å². The zero-order valence-corrected chi connectivity index (χ0v) is 59.1. The Morgan fingerprint density at radius 2 is 0.822 bits per heavy atom. The fraction of sp³-hybridized carbons (Fsp3) is 0.333. The third-order valence-corrected chi connectivity index (χ3v) is 15.7. The number of carboxylic acid groups (broad SMARTS) is 1. The van der Waals surface area contributed by atoms with Gasteiger partial charge in [-0.05, 0) is 135 Å². The average Bonchev–Trinajstić information content (AvgIpc) is 0.931. The van der Waals surface area contributed by atoms with Gasteiger partial charge in [-0.25, -0.2) is 4.79 Å². The zero-order chi connectivity index (χ0) is 78.7. The van der Waals surface area contributed by atoms with Crippen LogP contribution in [0.1, 0.15) is 99.2 Å². The fourth-order valence-corrected chi connectivity index (χ4v) is 10.3. The number of guanidine groups is 4. The summed E-state index contributed by atoms with van der Waals surface area (Å²) in [6.07, 6.45) is 9.51. The Morgan fingerprint density at radius 3 is 1.17 bits per heavy atom. The molecule has 0 bridgehead atoms. The summed E-state index contributed by atoms with van der Waals surface area (Å²) in [6.45, 7) is 4.08. The molecule has 1 aliphatic heterocycles. The molecular weight excluding hydrogens is 1390 g/mol. The molecule has 0 aromatic heterocycles. The van der Waals surface area contributed by atoms with Gasteiger partial charge in [0.2, 0.25) is 29.5 Å². The van der Waals surface area contributed by atoms with Crippen LogP contribution in [-0.4, -0.2) is 179 Å². The first-order valence-corrected chi connectivity index (χ1v) is 33.3. The lowest BCUT2D eigenvalue weighted by atomic mass is 9.99. The topological polar surface area (TPSA) is 636 Å². The summed E-state index contributed by atoms with van der Waals surface area (Å²) in [5.74, 6) is -10.6. The molecule has 30 N–H and O–H groups in total. The number of methoxy groups -OCH3 is 3. The molecule has 0 aliphatic carbocycles. The van der Waals surface area contributed by atoms with Crippen molar-refractivity contribution in [3.8, 4) is 23.0 Å². The molecule has 0 spiro atoms. The van der Waals surface area contributed by atoms with Gasteiger partial charge in [0.1, 0.15) is 47.2 Å². The van der Waals surface area contributed by atoms with E-state index in [0.717, 1.165) is 6.07 Å². The highest BCUT2D eigenvalue weighted by Crippen LogP contribution is 2.29. The lowest BCUT2D eigenvalue weighted by molar-refractivity contribution is -0.139. The van der Waals surface area contributed by atoms with Crippen LogP contribution in [-0.2, 0) is 28.8 Å². The van der Waals surface area contributed by atoms with Gasteiger partial charge >= 0.3 is 5.97 Å². The first-order chi connectivity index (χ1) is 51.0. The number of aliphatic carboxylic acids is 1. The lowest BCUT2D eigenvalue weighted by Crippen LogP contribution is -2.45. The molecule has 38 heteroatoms. The number of anilines is 4. The number of ether oxygens (including phenoxy) is 4. The highest BCUT2D eigenvalue weighted by molar-refractivity contribution is 6.08. The minimum Gasteiger partial charge on any atom is -0.496 e. The van der Waals surface area contributed by atoms with Gasteiger partial charge in [-0.15, -0.1) is 0 Å². The average molecular weight is 1480 g/mol. The van der Waals surface area contributed by atoms with Crippen molar-refractivity contribution in [1.82, 2.24) is 47.9 Å². The number of carbonyl (C=O) groups excluding carboxylic acids is 9. The van der Waals surface area contributed by atoms with Crippen molar-refractivity contribution in [3.63, 3.8) is 0 Å². The Morgan fingerprint density at radius 1 is 0.486 bits per heavy atom. The number of carbonyl (C=O) groups is 10. The van der Waals surface area contributed by atoms with E-state index in [2.05, 4.69) is 75.7 Å². The number of allylic oxidation sites excluding steroid dienone is 4. The van der Waals surface area contributed by atoms with Crippen molar-refractivity contribution < 1.29 is 72.0 Å². The quantitative estimate of drug-likeness (QED) is 0.0156. The number of carboxylic acids is 1. The van der Waals surface area contributed by atoms with Gasteiger partial charge in [0.15, 0.2) is 30.4 Å². The Hall–Kier alpha value is -13.4. The highest BCUT2D eigenvalue weighted by atomic mass is 16.5. The SMILES string of the molecule is C=C1/C=C\C=C/CN/C=C\1C[C@@H](NC(=O)c1cc(NC(=O)[C@@H](CCCNC(=N)N)NC(=O)c2cc(NC(=O)[C@@H](CCCNC(=N)N)NC(=O)c3cc(NC(=O)[C@@H](CCCNC(=N)N)NC(=O)c4cc(NC(=O)[C@H](N)CCCNC(=N)N)ccc4OC)ccc3OCC(=O)O)ccc2OC)ccc1OC)C(N)=O. The normalized spacial score (nSPS) is 13.9. The molecule has 0 radical (unpaired) electrons. The molecule has 1 heterocycles. The molecule has 4 aromatic rings. The van der Waals surface area contributed by atoms with Gasteiger partial charge in [-0.1, -0.05) is 30.9 Å². The monoisotopic (exact) mass is 1480 g/mol. The van der Waals surface area contributed by atoms with Crippen LogP contribution >= 0.6 is 0 Å². The number of benzene rings is 4. The molecular formula is C69H93N23O15. The number of rotatable bonds is 41. The standard InChI is InChI=1S/C69H93N23O15/c1-37-12-6-5-7-25-80-35-38(37)30-51(57(71)95)92-60(98)45-33-41(19-23-54(45)106-4)87-63(101)48(14-9-27-82-67(74)75)90-59(97)44-32-40(18-22-53(44)105-3)86-65(103)50(16-11-29-84-69(78)79)91-61(99)46-34-42(20-24-55(46)107-36-56(93)94)88-64(102)49(15-10-28-83-68(76)77)89-58(96)43-31-39(17-21-52(43)104-2)85-62(100)47(70)13-8-26-81-66(72)73/h5-7,12,17-24,31-35,47-51,80H,1,8-11,13-16,25-30,36,70H2,2-4H3,(H2,71,95)(H,85,100)(H,86,103)(H,87,101)(H,88,102)(H,89,96)(H,90,97)(H,91,99)(H,92,98)(H,93,94)(H4,72,73,81)(H4,74,75,82)(H4,76,77,83)(H4,78,79,84)/b7-5-,12-6-,38-35-/t47-,48-,49-,50-,51-/m1/s1. The molecule has 0 saturated carbocycles. The number of hydrogen-bond acceptors (Lipinski definition) is 20. The molecule has 574 valence electrons. The van der Waals surface area contributed by atoms with E-state index < -0.39 is 107 Å². The molecule has 5 atom stereocenters. The van der Waals surface area contributed by atoms with Crippen LogP contribution < -0.4 is 122 Å². The van der Waals surface area contributed by atoms with E-state index in [4.69, 9.17) is 75.0 Å². The maximum atomic E-state index is 14.6. The predicted molar refractivity (Wildman–Crippen MR) is 400 cm³/mol. The van der Waals surface area contributed by atoms with Crippen LogP contribution in [0.5, 0.6) is 23.0 Å². The number of amides is 9. The maximum Gasteiger partial charge on any atom is 0.341 e. The molecule has 1 aliphatic rings. The van der Waals surface area contributed by atoms with Crippen LogP contribution in [0.15, 0.2) is 121 Å². The number of nitrogens with one attached hydrogen (secondary N) is 17. The summed E-state index contributed by atoms with van der Waals surface area (Å²) in [4.78, 5) is 138. The van der Waals surface area contributed by atoms with Crippen LogP contribution in [0.2, 0.25) is 0 Å². The van der Waals surface area contributed by atoms with Gasteiger partial charge in [-0.3, -0.25) is 64.8 Å². The van der Waals surface area contributed by atoms with Crippen molar-refractivity contribution in [3.05, 3.63) is 143 Å². The van der Waals surface area contributed by atoms with E-state index in [1.54, 1.807) is 18.4 Å². The van der Waals surface area contributed by atoms with E-state index in [1.807, 2.05) is 12.2 Å². The summed E-state index contributed by atoms with van der Waals surface area (Å²) in [5, 5.41) is 74.7. The van der Waals surface area contributed by atoms with E-state index in [9.17, 15) is 53.1 Å². The summed E-state index contributed by atoms with van der Waals surface area (Å²) < 4.78 is 22.0. The van der Waals surface area contributed by atoms with E-state index >= 15 is 0 Å². The molecule has 4 aromatic carbocycles. The van der Waals surface area contributed by atoms with Gasteiger partial charge in [0.05, 0.1) is 49.6 Å². The highest BCUT2D eigenvalue weighted by Gasteiger charge is 2.31. The zero-order valence-electron chi connectivity index (χ0n) is 59.1. The number of primary amides is 1. The second-order valence-corrected chi connectivity index (χ2v) is 23.7. The Kier molecular flexibility index (Phi) is 33.7. The van der Waals surface area contributed by atoms with Crippen molar-refractivity contribution in [2.45, 2.75) is 88.0 Å². The first-order valence-electron chi connectivity index (χ1n) is 33.3. The summed E-state index contributed by atoms with van der Waals surface area (Å²) in [7, 11) is 3.86. The van der Waals surface area contributed by atoms with Gasteiger partial charge in [0, 0.05) is 68.1 Å². The summed E-state index contributed by atoms with van der Waals surface area (Å²) >= 11 is 0. The van der Waals surface area contributed by atoms with E-state index in [1.165, 1.54) is 88.1 Å². The number of hydrogen-bond donors (Lipinski definition) is 24. The van der Waals surface area contributed by atoms with Crippen LogP contribution in [0.3, 0.4) is 0 Å². The van der Waals surface area contributed by atoms with E-state index in [0.29, 0.717) is 30.7 Å². The van der Waals surface area contributed by atoms with Crippen molar-refractivity contribution in [1.29, 1.82) is 21.6 Å². The fourth-order valence-electron chi connectivity index (χ4n) is 10.3. The molecule has 9 amide bonds. The molecule has 0 fully saturated rings. The number of nitrogens with two attached hydrogens (primary N) is 6. The summed E-state index contributed by atoms with van der Waals surface area (Å²) in [6, 6.07) is 9.36. The van der Waals surface area contributed by atoms with Crippen molar-refractivity contribution in [2.24, 2.45) is 34.4 Å². The second-order valence-electron chi connectivity index (χ2n) is 23.7.